The van der Waals surface area contributed by atoms with Crippen LogP contribution in [0.2, 0.25) is 0 Å². The van der Waals surface area contributed by atoms with Crippen LogP contribution in [0.5, 0.6) is 5.75 Å². The maximum atomic E-state index is 5.62. The van der Waals surface area contributed by atoms with Gasteiger partial charge in [0.05, 0.1) is 6.61 Å². The molecule has 100 valence electrons. The first-order valence-corrected chi connectivity index (χ1v) is 6.38. The number of nitrogens with one attached hydrogen (secondary N) is 1. The van der Waals surface area contributed by atoms with Crippen LogP contribution < -0.4 is 10.1 Å². The molecule has 0 aromatic heterocycles. The fourth-order valence-corrected chi connectivity index (χ4v) is 1.82. The Balaban J connectivity index is 1.75. The van der Waals surface area contributed by atoms with Crippen LogP contribution in [0, 0.1) is 0 Å². The highest BCUT2D eigenvalue weighted by atomic mass is 16.5. The highest BCUT2D eigenvalue weighted by Crippen LogP contribution is 2.11. The van der Waals surface area contributed by atoms with Gasteiger partial charge in [0, 0.05) is 19.3 Å². The Bertz CT molecular complexity index is 485. The molecule has 0 heterocycles. The Morgan fingerprint density at radius 3 is 2.63 bits per heavy atom. The molecule has 1 N–H and O–H groups in total. The van der Waals surface area contributed by atoms with E-state index in [0.29, 0.717) is 13.2 Å². The van der Waals surface area contributed by atoms with Crippen LogP contribution in [0.1, 0.15) is 5.56 Å². The van der Waals surface area contributed by atoms with E-state index in [0.717, 1.165) is 23.5 Å². The van der Waals surface area contributed by atoms with Crippen molar-refractivity contribution in [1.29, 1.82) is 0 Å². The van der Waals surface area contributed by atoms with Gasteiger partial charge in [0.25, 0.3) is 0 Å². The molecule has 0 aliphatic carbocycles. The summed E-state index contributed by atoms with van der Waals surface area (Å²) in [7, 11) is 1.70. The molecule has 0 aliphatic rings. The zero-order valence-electron chi connectivity index (χ0n) is 11.1. The number of benzene rings is 2. The van der Waals surface area contributed by atoms with Crippen molar-refractivity contribution >= 4 is 5.69 Å². The van der Waals surface area contributed by atoms with Gasteiger partial charge in [-0.05, 0) is 29.8 Å². The number of hydrogen-bond donors (Lipinski definition) is 1. The van der Waals surface area contributed by atoms with E-state index in [4.69, 9.17) is 9.47 Å². The summed E-state index contributed by atoms with van der Waals surface area (Å²) in [5, 5.41) is 3.33. The van der Waals surface area contributed by atoms with Crippen molar-refractivity contribution in [3.63, 3.8) is 0 Å². The topological polar surface area (TPSA) is 30.5 Å². The van der Waals surface area contributed by atoms with E-state index in [2.05, 4.69) is 17.4 Å². The molecule has 2 aromatic rings. The molecular formula is C16H19NO2. The fourth-order valence-electron chi connectivity index (χ4n) is 1.82. The Morgan fingerprint density at radius 1 is 1.00 bits per heavy atom. The van der Waals surface area contributed by atoms with Crippen LogP contribution in [0.3, 0.4) is 0 Å². The number of hydrogen-bond acceptors (Lipinski definition) is 3. The van der Waals surface area contributed by atoms with E-state index >= 15 is 0 Å². The van der Waals surface area contributed by atoms with Gasteiger partial charge in [-0.2, -0.15) is 0 Å². The van der Waals surface area contributed by atoms with E-state index < -0.39 is 0 Å². The van der Waals surface area contributed by atoms with Gasteiger partial charge in [0.15, 0.2) is 0 Å². The first-order chi connectivity index (χ1) is 9.38. The number of rotatable bonds is 7. The van der Waals surface area contributed by atoms with Gasteiger partial charge < -0.3 is 14.8 Å². The highest BCUT2D eigenvalue weighted by molar-refractivity contribution is 5.45. The molecule has 0 saturated heterocycles. The molecule has 0 bridgehead atoms. The molecule has 0 fully saturated rings. The van der Waals surface area contributed by atoms with Gasteiger partial charge in [-0.15, -0.1) is 0 Å². The van der Waals surface area contributed by atoms with Crippen LogP contribution in [0.25, 0.3) is 0 Å². The third kappa shape index (κ3) is 4.64. The zero-order chi connectivity index (χ0) is 13.3. The lowest BCUT2D eigenvalue weighted by molar-refractivity contribution is 0.185. The Morgan fingerprint density at radius 2 is 1.84 bits per heavy atom. The Kier molecular flexibility index (Phi) is 5.26. The van der Waals surface area contributed by atoms with Crippen molar-refractivity contribution in [2.24, 2.45) is 0 Å². The number of ether oxygens (including phenoxy) is 2. The fraction of sp³-hybridized carbons (Fsp3) is 0.250. The van der Waals surface area contributed by atoms with Crippen LogP contribution in [-0.4, -0.2) is 20.3 Å². The Labute approximate surface area is 114 Å². The number of methoxy groups -OCH3 is 1. The molecule has 2 rings (SSSR count). The summed E-state index contributed by atoms with van der Waals surface area (Å²) >= 11 is 0. The third-order valence-corrected chi connectivity index (χ3v) is 2.68. The van der Waals surface area contributed by atoms with Crippen molar-refractivity contribution in [2.45, 2.75) is 6.61 Å². The SMILES string of the molecule is COCc1cccc(NCCOc2ccccc2)c1. The van der Waals surface area contributed by atoms with Crippen molar-refractivity contribution < 1.29 is 9.47 Å². The van der Waals surface area contributed by atoms with Crippen molar-refractivity contribution in [1.82, 2.24) is 0 Å². The standard InChI is InChI=1S/C16H19NO2/c1-18-13-14-6-5-7-15(12-14)17-10-11-19-16-8-3-2-4-9-16/h2-9,12,17H,10-11,13H2,1H3. The van der Waals surface area contributed by atoms with Crippen LogP contribution in [0.4, 0.5) is 5.69 Å². The lowest BCUT2D eigenvalue weighted by Crippen LogP contribution is -2.11. The maximum absolute atomic E-state index is 5.62. The quantitative estimate of drug-likeness (QED) is 0.772. The Hall–Kier alpha value is -2.00. The normalized spacial score (nSPS) is 10.2. The molecule has 0 amide bonds. The zero-order valence-corrected chi connectivity index (χ0v) is 11.1. The summed E-state index contributed by atoms with van der Waals surface area (Å²) in [5.41, 5.74) is 2.25. The summed E-state index contributed by atoms with van der Waals surface area (Å²) in [6, 6.07) is 18.0. The van der Waals surface area contributed by atoms with E-state index in [1.54, 1.807) is 7.11 Å². The largest absolute Gasteiger partial charge is 0.492 e. The van der Waals surface area contributed by atoms with Gasteiger partial charge >= 0.3 is 0 Å². The monoisotopic (exact) mass is 257 g/mol. The molecule has 19 heavy (non-hydrogen) atoms. The predicted molar refractivity (Wildman–Crippen MR) is 77.6 cm³/mol. The minimum absolute atomic E-state index is 0.635. The van der Waals surface area contributed by atoms with E-state index in [9.17, 15) is 0 Å². The van der Waals surface area contributed by atoms with Gasteiger partial charge in [0.1, 0.15) is 12.4 Å². The van der Waals surface area contributed by atoms with Crippen molar-refractivity contribution in [3.05, 3.63) is 60.2 Å². The molecule has 0 radical (unpaired) electrons. The summed E-state index contributed by atoms with van der Waals surface area (Å²) in [6.45, 7) is 2.04. The minimum atomic E-state index is 0.635. The molecular weight excluding hydrogens is 238 g/mol. The van der Waals surface area contributed by atoms with Gasteiger partial charge in [0.2, 0.25) is 0 Å². The van der Waals surface area contributed by atoms with Gasteiger partial charge in [-0.25, -0.2) is 0 Å². The van der Waals surface area contributed by atoms with Crippen molar-refractivity contribution in [2.75, 3.05) is 25.6 Å². The van der Waals surface area contributed by atoms with Crippen LogP contribution >= 0.6 is 0 Å². The molecule has 0 aliphatic heterocycles. The molecule has 0 saturated carbocycles. The number of para-hydroxylation sites is 1. The highest BCUT2D eigenvalue weighted by Gasteiger charge is 1.96. The average molecular weight is 257 g/mol. The summed E-state index contributed by atoms with van der Waals surface area (Å²) in [5.74, 6) is 0.900. The van der Waals surface area contributed by atoms with E-state index in [-0.39, 0.29) is 0 Å². The van der Waals surface area contributed by atoms with E-state index in [1.807, 2.05) is 42.5 Å². The number of anilines is 1. The first-order valence-electron chi connectivity index (χ1n) is 6.38. The molecule has 0 unspecified atom stereocenters. The van der Waals surface area contributed by atoms with Gasteiger partial charge in [-0.3, -0.25) is 0 Å². The minimum Gasteiger partial charge on any atom is -0.492 e. The average Bonchev–Trinajstić information content (AvgIpc) is 2.46. The summed E-state index contributed by atoms with van der Waals surface area (Å²) in [6.07, 6.45) is 0. The second-order valence-electron chi connectivity index (χ2n) is 4.22. The molecule has 3 heteroatoms. The summed E-state index contributed by atoms with van der Waals surface area (Å²) in [4.78, 5) is 0. The second-order valence-corrected chi connectivity index (χ2v) is 4.22. The maximum Gasteiger partial charge on any atom is 0.119 e. The second kappa shape index (κ2) is 7.44. The molecule has 0 atom stereocenters. The van der Waals surface area contributed by atoms with Crippen LogP contribution in [0.15, 0.2) is 54.6 Å². The lowest BCUT2D eigenvalue weighted by atomic mass is 10.2. The van der Waals surface area contributed by atoms with E-state index in [1.165, 1.54) is 0 Å². The third-order valence-electron chi connectivity index (χ3n) is 2.68. The predicted octanol–water partition coefficient (Wildman–Crippen LogP) is 3.32. The van der Waals surface area contributed by atoms with Crippen LogP contribution in [-0.2, 0) is 11.3 Å². The smallest absolute Gasteiger partial charge is 0.119 e. The van der Waals surface area contributed by atoms with Gasteiger partial charge in [-0.1, -0.05) is 30.3 Å². The molecule has 2 aromatic carbocycles. The first kappa shape index (κ1) is 13.4. The lowest BCUT2D eigenvalue weighted by Gasteiger charge is -2.09. The molecule has 3 nitrogen and oxygen atoms in total. The van der Waals surface area contributed by atoms with Crippen molar-refractivity contribution in [3.8, 4) is 5.75 Å². The summed E-state index contributed by atoms with van der Waals surface area (Å²) < 4.78 is 10.7. The molecule has 0 spiro atoms.